The number of benzene rings is 1. The summed E-state index contributed by atoms with van der Waals surface area (Å²) in [7, 11) is -5.99. The second-order valence-electron chi connectivity index (χ2n) is 4.35. The van der Waals surface area contributed by atoms with Gasteiger partial charge in [0.15, 0.2) is 0 Å². The van der Waals surface area contributed by atoms with Crippen LogP contribution in [0, 0.1) is 5.41 Å². The summed E-state index contributed by atoms with van der Waals surface area (Å²) in [5.74, 6) is -1.26. The summed E-state index contributed by atoms with van der Waals surface area (Å²) in [6, 6.07) is 4.52. The van der Waals surface area contributed by atoms with E-state index in [1.807, 2.05) is 0 Å². The van der Waals surface area contributed by atoms with Crippen LogP contribution in [0.25, 0.3) is 0 Å². The molecule has 4 N–H and O–H groups in total. The van der Waals surface area contributed by atoms with Gasteiger partial charge >= 0.3 is 0 Å². The molecule has 0 spiro atoms. The predicted molar refractivity (Wildman–Crippen MR) is 81.1 cm³/mol. The number of hydrogen-bond donors (Lipinski definition) is 3. The van der Waals surface area contributed by atoms with Gasteiger partial charge in [0, 0.05) is 11.8 Å². The van der Waals surface area contributed by atoms with Crippen LogP contribution in [-0.2, 0) is 19.9 Å². The molecule has 1 aromatic carbocycles. The van der Waals surface area contributed by atoms with Crippen molar-refractivity contribution in [1.29, 1.82) is 5.41 Å². The van der Waals surface area contributed by atoms with Crippen molar-refractivity contribution in [1.82, 2.24) is 0 Å². The van der Waals surface area contributed by atoms with Crippen LogP contribution in [0.3, 0.4) is 0 Å². The number of methoxy groups -OCH3 is 1. The molecular formula is C11H17N3O5S2. The molecule has 8 nitrogen and oxygen atoms in total. The lowest BCUT2D eigenvalue weighted by atomic mass is 10.1. The van der Waals surface area contributed by atoms with Gasteiger partial charge in [-0.05, 0) is 12.1 Å². The Kier molecular flexibility index (Phi) is 5.18. The first-order chi connectivity index (χ1) is 9.56. The van der Waals surface area contributed by atoms with E-state index in [0.717, 1.165) is 6.26 Å². The SMILES string of the molecule is COc1cccc(C(=N)N)c1NS(=O)(=O)CCS(C)(=O)=O. The minimum atomic E-state index is -3.92. The van der Waals surface area contributed by atoms with Gasteiger partial charge in [0.2, 0.25) is 10.0 Å². The maximum Gasteiger partial charge on any atom is 0.233 e. The molecule has 0 heterocycles. The van der Waals surface area contributed by atoms with Crippen LogP contribution in [-0.4, -0.2) is 47.5 Å². The van der Waals surface area contributed by atoms with Crippen molar-refractivity contribution in [2.24, 2.45) is 5.73 Å². The van der Waals surface area contributed by atoms with Crippen LogP contribution >= 0.6 is 0 Å². The molecule has 0 aliphatic carbocycles. The summed E-state index contributed by atoms with van der Waals surface area (Å²) in [6.07, 6.45) is 0.951. The first kappa shape index (κ1) is 17.2. The van der Waals surface area contributed by atoms with E-state index >= 15 is 0 Å². The highest BCUT2D eigenvalue weighted by Gasteiger charge is 2.19. The van der Waals surface area contributed by atoms with Crippen molar-refractivity contribution in [3.63, 3.8) is 0 Å². The first-order valence-corrected chi connectivity index (χ1v) is 9.46. The fourth-order valence-corrected chi connectivity index (χ4v) is 4.21. The third kappa shape index (κ3) is 5.23. The van der Waals surface area contributed by atoms with E-state index in [0.29, 0.717) is 0 Å². The molecule has 0 bridgehead atoms. The van der Waals surface area contributed by atoms with Gasteiger partial charge in [-0.3, -0.25) is 10.1 Å². The summed E-state index contributed by atoms with van der Waals surface area (Å²) in [6.45, 7) is 0. The summed E-state index contributed by atoms with van der Waals surface area (Å²) in [4.78, 5) is 0. The molecule has 0 saturated carbocycles. The van der Waals surface area contributed by atoms with Crippen LogP contribution in [0.2, 0.25) is 0 Å². The zero-order valence-corrected chi connectivity index (χ0v) is 13.2. The van der Waals surface area contributed by atoms with E-state index in [2.05, 4.69) is 4.72 Å². The molecule has 10 heteroatoms. The van der Waals surface area contributed by atoms with E-state index < -0.39 is 31.4 Å². The summed E-state index contributed by atoms with van der Waals surface area (Å²) >= 11 is 0. The van der Waals surface area contributed by atoms with Crippen molar-refractivity contribution >= 4 is 31.4 Å². The largest absolute Gasteiger partial charge is 0.495 e. The summed E-state index contributed by atoms with van der Waals surface area (Å²) < 4.78 is 53.3. The zero-order chi connectivity index (χ0) is 16.3. The molecule has 1 aromatic rings. The fraction of sp³-hybridized carbons (Fsp3) is 0.364. The van der Waals surface area contributed by atoms with Crippen LogP contribution in [0.4, 0.5) is 5.69 Å². The molecule has 0 atom stereocenters. The van der Waals surface area contributed by atoms with Crippen LogP contribution < -0.4 is 15.2 Å². The van der Waals surface area contributed by atoms with Gasteiger partial charge in [0.05, 0.1) is 18.6 Å². The number of nitrogen functional groups attached to an aromatic ring is 1. The lowest BCUT2D eigenvalue weighted by Crippen LogP contribution is -2.24. The van der Waals surface area contributed by atoms with E-state index in [4.69, 9.17) is 15.9 Å². The highest BCUT2D eigenvalue weighted by Crippen LogP contribution is 2.29. The maximum atomic E-state index is 11.9. The molecule has 118 valence electrons. The molecular weight excluding hydrogens is 318 g/mol. The highest BCUT2D eigenvalue weighted by atomic mass is 32.2. The molecule has 0 saturated heterocycles. The Morgan fingerprint density at radius 3 is 2.38 bits per heavy atom. The Bertz CT molecular complexity index is 741. The number of nitrogens with two attached hydrogens (primary N) is 1. The van der Waals surface area contributed by atoms with Gasteiger partial charge in [-0.25, -0.2) is 16.8 Å². The van der Waals surface area contributed by atoms with Gasteiger partial charge in [0.25, 0.3) is 0 Å². The van der Waals surface area contributed by atoms with Crippen molar-refractivity contribution in [2.75, 3.05) is 29.6 Å². The normalized spacial score (nSPS) is 11.9. The molecule has 0 radical (unpaired) electrons. The van der Waals surface area contributed by atoms with Gasteiger partial charge in [-0.1, -0.05) is 6.07 Å². The second kappa shape index (κ2) is 6.31. The first-order valence-electron chi connectivity index (χ1n) is 5.75. The van der Waals surface area contributed by atoms with Gasteiger partial charge in [-0.2, -0.15) is 0 Å². The number of nitrogens with one attached hydrogen (secondary N) is 2. The van der Waals surface area contributed by atoms with E-state index in [1.165, 1.54) is 19.2 Å². The van der Waals surface area contributed by atoms with Crippen molar-refractivity contribution in [3.8, 4) is 5.75 Å². The molecule has 1 rings (SSSR count). The van der Waals surface area contributed by atoms with Crippen LogP contribution in [0.5, 0.6) is 5.75 Å². The van der Waals surface area contributed by atoms with Gasteiger partial charge in [-0.15, -0.1) is 0 Å². The Labute approximate surface area is 123 Å². The zero-order valence-electron chi connectivity index (χ0n) is 11.6. The van der Waals surface area contributed by atoms with Crippen LogP contribution in [0.1, 0.15) is 5.56 Å². The minimum Gasteiger partial charge on any atom is -0.495 e. The lowest BCUT2D eigenvalue weighted by Gasteiger charge is -2.15. The highest BCUT2D eigenvalue weighted by molar-refractivity contribution is 7.95. The monoisotopic (exact) mass is 335 g/mol. The molecule has 0 aliphatic heterocycles. The molecule has 0 unspecified atom stereocenters. The Morgan fingerprint density at radius 2 is 1.90 bits per heavy atom. The van der Waals surface area contributed by atoms with Gasteiger partial charge < -0.3 is 10.5 Å². The number of hydrogen-bond acceptors (Lipinski definition) is 6. The summed E-state index contributed by atoms with van der Waals surface area (Å²) in [5, 5.41) is 7.45. The molecule has 0 fully saturated rings. The number of rotatable bonds is 7. The Hall–Kier alpha value is -1.81. The lowest BCUT2D eigenvalue weighted by molar-refractivity contribution is 0.417. The van der Waals surface area contributed by atoms with Crippen molar-refractivity contribution in [3.05, 3.63) is 23.8 Å². The smallest absolute Gasteiger partial charge is 0.233 e. The fourth-order valence-electron chi connectivity index (χ4n) is 1.50. The van der Waals surface area contributed by atoms with E-state index in [9.17, 15) is 16.8 Å². The molecule has 0 amide bonds. The maximum absolute atomic E-state index is 11.9. The molecule has 0 aromatic heterocycles. The van der Waals surface area contributed by atoms with E-state index in [1.54, 1.807) is 6.07 Å². The summed E-state index contributed by atoms with van der Waals surface area (Å²) in [5.41, 5.74) is 5.56. The van der Waals surface area contributed by atoms with Crippen molar-refractivity contribution < 1.29 is 21.6 Å². The molecule has 21 heavy (non-hydrogen) atoms. The molecule has 0 aliphatic rings. The van der Waals surface area contributed by atoms with E-state index in [-0.39, 0.29) is 22.8 Å². The number of ether oxygens (including phenoxy) is 1. The third-order valence-corrected chi connectivity index (χ3v) is 4.98. The number of amidine groups is 1. The quantitative estimate of drug-likeness (QED) is 0.464. The topological polar surface area (TPSA) is 139 Å². The van der Waals surface area contributed by atoms with Crippen molar-refractivity contribution in [2.45, 2.75) is 0 Å². The Balaban J connectivity index is 3.14. The predicted octanol–water partition coefficient (Wildman–Crippen LogP) is -0.234. The second-order valence-corrected chi connectivity index (χ2v) is 8.45. The average Bonchev–Trinajstić information content (AvgIpc) is 2.35. The minimum absolute atomic E-state index is 0.0148. The number of sulfonamides is 1. The number of para-hydroxylation sites is 1. The standard InChI is InChI=1S/C11H17N3O5S2/c1-19-9-5-3-4-8(11(12)13)10(9)14-21(17,18)7-6-20(2,15)16/h3-5,14H,6-7H2,1-2H3,(H3,12,13). The van der Waals surface area contributed by atoms with Gasteiger partial charge in [0.1, 0.15) is 27.1 Å². The number of anilines is 1. The average molecular weight is 335 g/mol. The Morgan fingerprint density at radius 1 is 1.29 bits per heavy atom. The third-order valence-electron chi connectivity index (χ3n) is 2.52. The number of sulfone groups is 1. The van der Waals surface area contributed by atoms with Crippen LogP contribution in [0.15, 0.2) is 18.2 Å².